The molecule has 1 aliphatic rings. The van der Waals surface area contributed by atoms with Gasteiger partial charge in [0.05, 0.1) is 12.9 Å². The molecule has 0 aliphatic carbocycles. The van der Waals surface area contributed by atoms with E-state index >= 15 is 0 Å². The van der Waals surface area contributed by atoms with Gasteiger partial charge in [-0.3, -0.25) is 4.79 Å². The average molecular weight is 435 g/mol. The van der Waals surface area contributed by atoms with Crippen LogP contribution in [0.2, 0.25) is 0 Å². The lowest BCUT2D eigenvalue weighted by atomic mass is 9.93. The number of piperidine rings is 1. The van der Waals surface area contributed by atoms with Crippen LogP contribution in [0.15, 0.2) is 24.3 Å². The third kappa shape index (κ3) is 9.73. The van der Waals surface area contributed by atoms with Crippen molar-refractivity contribution in [3.63, 3.8) is 0 Å². The number of nitrogens with one attached hydrogen (secondary N) is 2. The van der Waals surface area contributed by atoms with Crippen LogP contribution < -0.4 is 14.8 Å². The maximum atomic E-state index is 11.3. The molecule has 160 valence electrons. The minimum atomic E-state index is -3.58. The molecule has 1 aromatic carbocycles. The van der Waals surface area contributed by atoms with E-state index < -0.39 is 22.0 Å². The van der Waals surface area contributed by atoms with Crippen LogP contribution in [-0.2, 0) is 21.2 Å². The van der Waals surface area contributed by atoms with Crippen molar-refractivity contribution in [2.75, 3.05) is 26.0 Å². The Morgan fingerprint density at radius 3 is 2.46 bits per heavy atom. The first-order chi connectivity index (χ1) is 12.8. The van der Waals surface area contributed by atoms with Gasteiger partial charge in [-0.05, 0) is 68.8 Å². The number of carboxylic acid groups (broad SMARTS) is 1. The number of carbonyl (C=O) groups is 1. The van der Waals surface area contributed by atoms with Crippen LogP contribution in [0.5, 0.6) is 5.75 Å². The fourth-order valence-electron chi connectivity index (χ4n) is 3.29. The van der Waals surface area contributed by atoms with Gasteiger partial charge in [0.1, 0.15) is 11.8 Å². The van der Waals surface area contributed by atoms with Crippen LogP contribution in [-0.4, -0.2) is 51.5 Å². The molecule has 0 amide bonds. The van der Waals surface area contributed by atoms with Crippen LogP contribution in [0.3, 0.4) is 0 Å². The number of hydrogen-bond acceptors (Lipinski definition) is 5. The summed E-state index contributed by atoms with van der Waals surface area (Å²) in [5, 5.41) is 12.5. The lowest BCUT2D eigenvalue weighted by molar-refractivity contribution is -0.138. The highest BCUT2D eigenvalue weighted by atomic mass is 35.5. The van der Waals surface area contributed by atoms with Crippen molar-refractivity contribution in [1.29, 1.82) is 0 Å². The molecule has 28 heavy (non-hydrogen) atoms. The van der Waals surface area contributed by atoms with Crippen molar-refractivity contribution in [1.82, 2.24) is 10.0 Å². The highest BCUT2D eigenvalue weighted by Gasteiger charge is 2.21. The fraction of sp³-hybridized carbons (Fsp3) is 0.632. The Hall–Kier alpha value is -1.35. The first kappa shape index (κ1) is 24.7. The Kier molecular flexibility index (Phi) is 10.8. The zero-order chi connectivity index (χ0) is 19.7. The summed E-state index contributed by atoms with van der Waals surface area (Å²) in [6, 6.07) is 5.94. The number of aliphatic carboxylic acids is 1. The second kappa shape index (κ2) is 12.3. The van der Waals surface area contributed by atoms with Gasteiger partial charge in [-0.1, -0.05) is 18.6 Å². The quantitative estimate of drug-likeness (QED) is 0.461. The van der Waals surface area contributed by atoms with Gasteiger partial charge in [0.25, 0.3) is 0 Å². The van der Waals surface area contributed by atoms with Crippen molar-refractivity contribution in [3.8, 4) is 5.75 Å². The number of unbranched alkanes of at least 4 members (excludes halogenated alkanes) is 1. The number of rotatable bonds is 11. The molecule has 1 unspecified atom stereocenters. The van der Waals surface area contributed by atoms with E-state index in [-0.39, 0.29) is 18.8 Å². The third-order valence-corrected chi connectivity index (χ3v) is 5.46. The molecule has 1 atom stereocenters. The van der Waals surface area contributed by atoms with Gasteiger partial charge >= 0.3 is 5.97 Å². The summed E-state index contributed by atoms with van der Waals surface area (Å²) in [6.45, 7) is 2.93. The minimum Gasteiger partial charge on any atom is -0.494 e. The number of carboxylic acids is 1. The lowest BCUT2D eigenvalue weighted by Crippen LogP contribution is -2.41. The molecule has 7 nitrogen and oxygen atoms in total. The summed E-state index contributed by atoms with van der Waals surface area (Å²) in [4.78, 5) is 11.2. The van der Waals surface area contributed by atoms with Crippen LogP contribution >= 0.6 is 12.4 Å². The standard InChI is InChI=1S/C19H30N2O5S.ClH/c1-27(24,25)21-18(19(22)23)14-16-5-7-17(8-6-16)26-13-3-2-4-15-9-11-20-12-10-15;/h5-8,15,18,20-21H,2-4,9-14H2,1H3,(H,22,23);1H. The average Bonchev–Trinajstić information content (AvgIpc) is 2.62. The molecule has 1 aromatic rings. The van der Waals surface area contributed by atoms with E-state index in [9.17, 15) is 13.2 Å². The summed E-state index contributed by atoms with van der Waals surface area (Å²) in [5.74, 6) is 0.381. The number of halogens is 1. The largest absolute Gasteiger partial charge is 0.494 e. The molecule has 0 saturated carbocycles. The van der Waals surface area contributed by atoms with Gasteiger partial charge in [-0.25, -0.2) is 13.1 Å². The van der Waals surface area contributed by atoms with Crippen molar-refractivity contribution >= 4 is 28.4 Å². The molecule has 1 heterocycles. The molecule has 0 spiro atoms. The summed E-state index contributed by atoms with van der Waals surface area (Å²) >= 11 is 0. The topological polar surface area (TPSA) is 105 Å². The summed E-state index contributed by atoms with van der Waals surface area (Å²) < 4.78 is 30.4. The van der Waals surface area contributed by atoms with Gasteiger partial charge in [0, 0.05) is 0 Å². The number of hydrogen-bond donors (Lipinski definition) is 3. The fourth-order valence-corrected chi connectivity index (χ4v) is 3.99. The summed E-state index contributed by atoms with van der Waals surface area (Å²) in [5.41, 5.74) is 0.733. The molecular formula is C19H31ClN2O5S. The van der Waals surface area contributed by atoms with E-state index in [0.717, 1.165) is 43.0 Å². The lowest BCUT2D eigenvalue weighted by Gasteiger charge is -2.22. The van der Waals surface area contributed by atoms with Gasteiger partial charge in [0.15, 0.2) is 0 Å². The van der Waals surface area contributed by atoms with Crippen LogP contribution in [0.1, 0.15) is 37.7 Å². The van der Waals surface area contributed by atoms with Gasteiger partial charge < -0.3 is 15.2 Å². The highest BCUT2D eigenvalue weighted by Crippen LogP contribution is 2.19. The maximum Gasteiger partial charge on any atom is 0.322 e. The van der Waals surface area contributed by atoms with Gasteiger partial charge in [-0.15, -0.1) is 12.4 Å². The second-order valence-corrected chi connectivity index (χ2v) is 8.95. The van der Waals surface area contributed by atoms with Gasteiger partial charge in [0.2, 0.25) is 10.0 Å². The van der Waals surface area contributed by atoms with Crippen LogP contribution in [0.25, 0.3) is 0 Å². The summed E-state index contributed by atoms with van der Waals surface area (Å²) in [7, 11) is -3.58. The molecule has 2 rings (SSSR count). The first-order valence-electron chi connectivity index (χ1n) is 9.46. The van der Waals surface area contributed by atoms with Crippen molar-refractivity contribution in [3.05, 3.63) is 29.8 Å². The molecular weight excluding hydrogens is 404 g/mol. The van der Waals surface area contributed by atoms with Crippen LogP contribution in [0.4, 0.5) is 0 Å². The predicted octanol–water partition coefficient (Wildman–Crippen LogP) is 2.20. The monoisotopic (exact) mass is 434 g/mol. The normalized spacial score (nSPS) is 16.2. The summed E-state index contributed by atoms with van der Waals surface area (Å²) in [6.07, 6.45) is 7.02. The van der Waals surface area contributed by atoms with E-state index in [1.807, 2.05) is 0 Å². The van der Waals surface area contributed by atoms with Crippen molar-refractivity contribution in [2.24, 2.45) is 5.92 Å². The zero-order valence-corrected chi connectivity index (χ0v) is 17.9. The van der Waals surface area contributed by atoms with Gasteiger partial charge in [-0.2, -0.15) is 0 Å². The predicted molar refractivity (Wildman–Crippen MR) is 112 cm³/mol. The SMILES string of the molecule is CS(=O)(=O)NC(Cc1ccc(OCCCCC2CCNCC2)cc1)C(=O)O.Cl. The van der Waals surface area contributed by atoms with E-state index in [1.54, 1.807) is 24.3 Å². The number of benzene rings is 1. The molecule has 1 fully saturated rings. The molecule has 1 saturated heterocycles. The van der Waals surface area contributed by atoms with Crippen LogP contribution in [0, 0.1) is 5.92 Å². The van der Waals surface area contributed by atoms with Crippen molar-refractivity contribution < 1.29 is 23.1 Å². The Balaban J connectivity index is 0.00000392. The highest BCUT2D eigenvalue weighted by molar-refractivity contribution is 7.88. The Morgan fingerprint density at radius 2 is 1.89 bits per heavy atom. The zero-order valence-electron chi connectivity index (χ0n) is 16.2. The smallest absolute Gasteiger partial charge is 0.322 e. The van der Waals surface area contributed by atoms with E-state index in [2.05, 4.69) is 10.0 Å². The molecule has 0 aromatic heterocycles. The molecule has 3 N–H and O–H groups in total. The maximum absolute atomic E-state index is 11.3. The van der Waals surface area contributed by atoms with Crippen molar-refractivity contribution in [2.45, 2.75) is 44.6 Å². The second-order valence-electron chi connectivity index (χ2n) is 7.17. The van der Waals surface area contributed by atoms with E-state index in [1.165, 1.54) is 25.7 Å². The Bertz CT molecular complexity index is 691. The molecule has 0 bridgehead atoms. The number of ether oxygens (including phenoxy) is 1. The minimum absolute atomic E-state index is 0. The Labute approximate surface area is 173 Å². The van der Waals surface area contributed by atoms with E-state index in [0.29, 0.717) is 6.61 Å². The van der Waals surface area contributed by atoms with E-state index in [4.69, 9.17) is 9.84 Å². The Morgan fingerprint density at radius 1 is 1.25 bits per heavy atom. The number of sulfonamides is 1. The first-order valence-corrected chi connectivity index (χ1v) is 11.4. The molecule has 9 heteroatoms. The third-order valence-electron chi connectivity index (χ3n) is 4.75. The molecule has 1 aliphatic heterocycles. The molecule has 0 radical (unpaired) electrons.